The Morgan fingerprint density at radius 1 is 0.944 bits per heavy atom. The first kappa shape index (κ1) is 24.0. The van der Waals surface area contributed by atoms with Gasteiger partial charge in [0, 0.05) is 55.9 Å². The number of rotatable bonds is 6. The number of nitrogens with zero attached hydrogens (tertiary/aromatic N) is 4. The quantitative estimate of drug-likeness (QED) is 0.392. The summed E-state index contributed by atoms with van der Waals surface area (Å²) >= 11 is 0. The van der Waals surface area contributed by atoms with Gasteiger partial charge in [0.05, 0.1) is 6.54 Å². The number of halogens is 3. The fraction of sp³-hybridized carbons (Fsp3) is 0.296. The molecule has 0 saturated carbocycles. The molecule has 36 heavy (non-hydrogen) atoms. The normalized spacial score (nSPS) is 14.9. The monoisotopic (exact) mass is 496 g/mol. The van der Waals surface area contributed by atoms with Gasteiger partial charge in [0.25, 0.3) is 0 Å². The third kappa shape index (κ3) is 5.41. The Labute approximate surface area is 207 Å². The van der Waals surface area contributed by atoms with Gasteiger partial charge in [0.1, 0.15) is 11.6 Å². The Bertz CT molecular complexity index is 1330. The van der Waals surface area contributed by atoms with Crippen LogP contribution in [-0.2, 0) is 13.1 Å². The highest BCUT2D eigenvalue weighted by atomic mass is 19.4. The van der Waals surface area contributed by atoms with Crippen molar-refractivity contribution in [2.75, 3.05) is 31.1 Å². The summed E-state index contributed by atoms with van der Waals surface area (Å²) in [4.78, 5) is 9.16. The first-order valence-electron chi connectivity index (χ1n) is 11.8. The van der Waals surface area contributed by atoms with Crippen LogP contribution in [0.5, 0.6) is 11.6 Å². The zero-order valence-corrected chi connectivity index (χ0v) is 19.9. The highest BCUT2D eigenvalue weighted by molar-refractivity contribution is 5.91. The van der Waals surface area contributed by atoms with E-state index in [9.17, 15) is 18.3 Å². The summed E-state index contributed by atoms with van der Waals surface area (Å²) in [6.45, 7) is 6.85. The minimum absolute atomic E-state index is 0.147. The van der Waals surface area contributed by atoms with Gasteiger partial charge in [-0.05, 0) is 53.9 Å². The lowest BCUT2D eigenvalue weighted by Crippen LogP contribution is -2.46. The van der Waals surface area contributed by atoms with E-state index in [2.05, 4.69) is 31.7 Å². The van der Waals surface area contributed by atoms with E-state index >= 15 is 0 Å². The van der Waals surface area contributed by atoms with Crippen LogP contribution < -0.4 is 9.64 Å². The smallest absolute Gasteiger partial charge is 0.494 e. The minimum atomic E-state index is -4.72. The lowest BCUT2D eigenvalue weighted by Gasteiger charge is -2.35. The third-order valence-corrected chi connectivity index (χ3v) is 6.48. The molecule has 9 heteroatoms. The molecule has 1 N–H and O–H groups in total. The van der Waals surface area contributed by atoms with Crippen molar-refractivity contribution in [2.24, 2.45) is 0 Å². The summed E-state index contributed by atoms with van der Waals surface area (Å²) in [7, 11) is 0. The summed E-state index contributed by atoms with van der Waals surface area (Å²) in [6.07, 6.45) is -1.02. The van der Waals surface area contributed by atoms with Crippen LogP contribution in [0.2, 0.25) is 0 Å². The Morgan fingerprint density at radius 2 is 1.69 bits per heavy atom. The first-order chi connectivity index (χ1) is 17.2. The number of benzene rings is 2. The molecule has 1 fully saturated rings. The predicted octanol–water partition coefficient (Wildman–Crippen LogP) is 5.32. The highest BCUT2D eigenvalue weighted by Gasteiger charge is 2.31. The molecule has 0 radical (unpaired) electrons. The van der Waals surface area contributed by atoms with Crippen molar-refractivity contribution in [1.29, 1.82) is 0 Å². The number of aryl methyl sites for hydroxylation is 1. The van der Waals surface area contributed by atoms with Crippen molar-refractivity contribution in [3.8, 4) is 11.6 Å². The fourth-order valence-electron chi connectivity index (χ4n) is 4.81. The SMILES string of the molecule is Cc1cc(CN2CCN(c3ccccn3)CC2)cc2cn(Cc3ccc(OC(F)(F)F)cc3)c(O)c12. The number of alkyl halides is 3. The van der Waals surface area contributed by atoms with Crippen molar-refractivity contribution in [3.05, 3.63) is 83.7 Å². The fourth-order valence-corrected chi connectivity index (χ4v) is 4.81. The summed E-state index contributed by atoms with van der Waals surface area (Å²) in [5.74, 6) is 0.886. The number of pyridine rings is 1. The zero-order chi connectivity index (χ0) is 25.3. The molecule has 6 nitrogen and oxygen atoms in total. The van der Waals surface area contributed by atoms with Gasteiger partial charge in [0.2, 0.25) is 0 Å². The van der Waals surface area contributed by atoms with Gasteiger partial charge in [0.15, 0.2) is 5.88 Å². The van der Waals surface area contributed by atoms with E-state index in [1.807, 2.05) is 37.5 Å². The van der Waals surface area contributed by atoms with Crippen LogP contribution in [0.1, 0.15) is 16.7 Å². The van der Waals surface area contributed by atoms with Gasteiger partial charge in [-0.15, -0.1) is 13.2 Å². The van der Waals surface area contributed by atoms with Crippen LogP contribution >= 0.6 is 0 Å². The molecule has 0 atom stereocenters. The summed E-state index contributed by atoms with van der Waals surface area (Å²) in [5.41, 5.74) is 2.92. The van der Waals surface area contributed by atoms with Crippen molar-refractivity contribution in [2.45, 2.75) is 26.4 Å². The molecule has 0 spiro atoms. The average Bonchev–Trinajstić information content (AvgIpc) is 3.15. The summed E-state index contributed by atoms with van der Waals surface area (Å²) in [5, 5.41) is 12.6. The van der Waals surface area contributed by atoms with Crippen LogP contribution in [0.15, 0.2) is 67.0 Å². The molecule has 1 aliphatic heterocycles. The topological polar surface area (TPSA) is 53.8 Å². The van der Waals surface area contributed by atoms with Gasteiger partial charge < -0.3 is 19.3 Å². The van der Waals surface area contributed by atoms with Gasteiger partial charge in [-0.2, -0.15) is 0 Å². The predicted molar refractivity (Wildman–Crippen MR) is 132 cm³/mol. The summed E-state index contributed by atoms with van der Waals surface area (Å²) in [6, 6.07) is 15.9. The van der Waals surface area contributed by atoms with Crippen LogP contribution in [0.25, 0.3) is 10.8 Å². The van der Waals surface area contributed by atoms with E-state index in [1.54, 1.807) is 16.7 Å². The molecule has 188 valence electrons. The maximum Gasteiger partial charge on any atom is 0.573 e. The van der Waals surface area contributed by atoms with Crippen molar-refractivity contribution >= 4 is 16.6 Å². The molecular weight excluding hydrogens is 469 g/mol. The van der Waals surface area contributed by atoms with Crippen LogP contribution in [0, 0.1) is 6.92 Å². The van der Waals surface area contributed by atoms with E-state index in [4.69, 9.17) is 0 Å². The number of hydrogen-bond donors (Lipinski definition) is 1. The molecule has 1 aliphatic rings. The van der Waals surface area contributed by atoms with E-state index in [0.29, 0.717) is 6.54 Å². The van der Waals surface area contributed by atoms with Gasteiger partial charge in [-0.25, -0.2) is 4.98 Å². The number of anilines is 1. The van der Waals surface area contributed by atoms with Crippen LogP contribution in [-0.4, -0.2) is 52.1 Å². The van der Waals surface area contributed by atoms with E-state index in [1.165, 1.54) is 17.7 Å². The van der Waals surface area contributed by atoms with E-state index in [0.717, 1.165) is 60.4 Å². The van der Waals surface area contributed by atoms with Crippen molar-refractivity contribution < 1.29 is 23.0 Å². The largest absolute Gasteiger partial charge is 0.573 e. The Kier molecular flexibility index (Phi) is 6.49. The number of aromatic hydroxyl groups is 1. The molecule has 3 heterocycles. The van der Waals surface area contributed by atoms with Gasteiger partial charge in [-0.1, -0.05) is 24.3 Å². The van der Waals surface area contributed by atoms with Gasteiger partial charge in [-0.3, -0.25) is 4.90 Å². The number of piperazine rings is 1. The Hall–Kier alpha value is -3.72. The van der Waals surface area contributed by atoms with Crippen molar-refractivity contribution in [3.63, 3.8) is 0 Å². The minimum Gasteiger partial charge on any atom is -0.494 e. The van der Waals surface area contributed by atoms with Crippen LogP contribution in [0.4, 0.5) is 19.0 Å². The maximum absolute atomic E-state index is 12.4. The molecular formula is C27H27F3N4O2. The standard InChI is InChI=1S/C27H27F3N4O2/c1-19-14-21(16-32-10-12-33(13-11-32)24-4-2-3-9-31-24)15-22-18-34(26(35)25(19)22)17-20-5-7-23(8-6-20)36-27(28,29)30/h2-9,14-15,18,35H,10-13,16-17H2,1H3. The molecule has 0 unspecified atom stereocenters. The molecule has 0 amide bonds. The lowest BCUT2D eigenvalue weighted by atomic mass is 10.0. The Morgan fingerprint density at radius 3 is 2.36 bits per heavy atom. The number of hydrogen-bond acceptors (Lipinski definition) is 5. The summed E-state index contributed by atoms with van der Waals surface area (Å²) < 4.78 is 42.8. The van der Waals surface area contributed by atoms with Gasteiger partial charge >= 0.3 is 6.36 Å². The Balaban J connectivity index is 1.27. The second-order valence-electron chi connectivity index (χ2n) is 9.10. The molecule has 1 saturated heterocycles. The number of ether oxygens (including phenoxy) is 1. The maximum atomic E-state index is 12.4. The van der Waals surface area contributed by atoms with Crippen molar-refractivity contribution in [1.82, 2.24) is 14.5 Å². The molecule has 0 bridgehead atoms. The third-order valence-electron chi connectivity index (χ3n) is 6.48. The molecule has 0 aliphatic carbocycles. The molecule has 2 aromatic heterocycles. The number of fused-ring (bicyclic) bond motifs is 1. The lowest BCUT2D eigenvalue weighted by molar-refractivity contribution is -0.274. The second kappa shape index (κ2) is 9.73. The second-order valence-corrected chi connectivity index (χ2v) is 9.10. The first-order valence-corrected chi connectivity index (χ1v) is 11.8. The highest BCUT2D eigenvalue weighted by Crippen LogP contribution is 2.33. The molecule has 4 aromatic rings. The zero-order valence-electron chi connectivity index (χ0n) is 19.9. The van der Waals surface area contributed by atoms with E-state index in [-0.39, 0.29) is 11.6 Å². The van der Waals surface area contributed by atoms with Crippen LogP contribution in [0.3, 0.4) is 0 Å². The van der Waals surface area contributed by atoms with E-state index < -0.39 is 6.36 Å². The molecule has 2 aromatic carbocycles. The molecule has 5 rings (SSSR count). The average molecular weight is 497 g/mol. The number of aromatic nitrogens is 2.